The highest BCUT2D eigenvalue weighted by Crippen LogP contribution is 2.25. The molecule has 1 amide bonds. The topological polar surface area (TPSA) is 58.4 Å². The summed E-state index contributed by atoms with van der Waals surface area (Å²) in [5.74, 6) is 0.783. The number of piperidine rings is 1. The Hall–Kier alpha value is -1.26. The van der Waals surface area contributed by atoms with Crippen LogP contribution in [-0.4, -0.2) is 29.9 Å². The second kappa shape index (κ2) is 7.14. The van der Waals surface area contributed by atoms with Crippen molar-refractivity contribution in [2.75, 3.05) is 24.1 Å². The van der Waals surface area contributed by atoms with Crippen LogP contribution in [0, 0.1) is 5.92 Å². The maximum absolute atomic E-state index is 12.0. The number of nitrogen functional groups attached to an aromatic ring is 1. The molecule has 1 fully saturated rings. The molecule has 3 N–H and O–H groups in total. The molecule has 2 rings (SSSR count). The van der Waals surface area contributed by atoms with Crippen molar-refractivity contribution in [3.8, 4) is 0 Å². The summed E-state index contributed by atoms with van der Waals surface area (Å²) in [6.07, 6.45) is 2.92. The van der Waals surface area contributed by atoms with Crippen molar-refractivity contribution in [2.24, 2.45) is 5.92 Å². The van der Waals surface area contributed by atoms with Crippen LogP contribution in [0.15, 0.2) is 18.2 Å². The number of hydrogen-bond acceptors (Lipinski definition) is 3. The maximum Gasteiger partial charge on any atom is 0.225 e. The Bertz CT molecular complexity index is 506. The van der Waals surface area contributed by atoms with Crippen molar-refractivity contribution in [1.82, 2.24) is 4.90 Å². The van der Waals surface area contributed by atoms with Crippen LogP contribution in [0.25, 0.3) is 0 Å². The van der Waals surface area contributed by atoms with Gasteiger partial charge in [-0.05, 0) is 50.4 Å². The molecule has 0 aliphatic carbocycles. The average molecular weight is 310 g/mol. The quantitative estimate of drug-likeness (QED) is 0.838. The number of hydrogen-bond donors (Lipinski definition) is 2. The fraction of sp³-hybridized carbons (Fsp3) is 0.562. The zero-order valence-electron chi connectivity index (χ0n) is 12.7. The van der Waals surface area contributed by atoms with Crippen molar-refractivity contribution >= 4 is 28.9 Å². The van der Waals surface area contributed by atoms with E-state index in [0.717, 1.165) is 19.0 Å². The molecule has 1 aromatic carbocycles. The molecule has 0 aromatic heterocycles. The highest BCUT2D eigenvalue weighted by molar-refractivity contribution is 6.34. The number of nitrogens with two attached hydrogens (primary N) is 1. The van der Waals surface area contributed by atoms with E-state index in [4.69, 9.17) is 17.3 Å². The zero-order chi connectivity index (χ0) is 15.4. The molecule has 0 bridgehead atoms. The monoisotopic (exact) mass is 309 g/mol. The lowest BCUT2D eigenvalue weighted by molar-refractivity contribution is -0.116. The molecule has 0 saturated carbocycles. The molecule has 116 valence electrons. The summed E-state index contributed by atoms with van der Waals surface area (Å²) in [5.41, 5.74) is 6.85. The Morgan fingerprint density at radius 1 is 1.48 bits per heavy atom. The second-order valence-corrected chi connectivity index (χ2v) is 6.46. The van der Waals surface area contributed by atoms with Gasteiger partial charge >= 0.3 is 0 Å². The number of rotatable bonds is 4. The fourth-order valence-corrected chi connectivity index (χ4v) is 3.11. The molecule has 1 aromatic rings. The number of nitrogens with zero attached hydrogens (tertiary/aromatic N) is 1. The fourth-order valence-electron chi connectivity index (χ4n) is 2.88. The van der Waals surface area contributed by atoms with Crippen LogP contribution in [0.2, 0.25) is 5.02 Å². The van der Waals surface area contributed by atoms with Crippen LogP contribution in [0.3, 0.4) is 0 Å². The van der Waals surface area contributed by atoms with E-state index >= 15 is 0 Å². The van der Waals surface area contributed by atoms with E-state index in [1.807, 2.05) is 0 Å². The van der Waals surface area contributed by atoms with Gasteiger partial charge in [0, 0.05) is 24.7 Å². The summed E-state index contributed by atoms with van der Waals surface area (Å²) in [6, 6.07) is 5.67. The molecule has 2 atom stereocenters. The molecule has 4 nitrogen and oxygen atoms in total. The molecular weight excluding hydrogens is 286 g/mol. The van der Waals surface area contributed by atoms with Crippen molar-refractivity contribution in [2.45, 2.75) is 39.2 Å². The summed E-state index contributed by atoms with van der Waals surface area (Å²) in [7, 11) is 0. The maximum atomic E-state index is 12.0. The minimum Gasteiger partial charge on any atom is -0.399 e. The van der Waals surface area contributed by atoms with Crippen LogP contribution in [0.1, 0.15) is 33.1 Å². The van der Waals surface area contributed by atoms with Crippen molar-refractivity contribution < 1.29 is 4.79 Å². The normalized spacial score (nSPS) is 23.0. The molecule has 1 aliphatic heterocycles. The number of benzene rings is 1. The van der Waals surface area contributed by atoms with Crippen LogP contribution in [0.5, 0.6) is 0 Å². The van der Waals surface area contributed by atoms with Crippen molar-refractivity contribution in [3.63, 3.8) is 0 Å². The predicted octanol–water partition coefficient (Wildman–Crippen LogP) is 3.37. The summed E-state index contributed by atoms with van der Waals surface area (Å²) in [6.45, 7) is 6.42. The third kappa shape index (κ3) is 4.61. The van der Waals surface area contributed by atoms with Crippen LogP contribution < -0.4 is 11.1 Å². The number of amides is 1. The molecule has 2 unspecified atom stereocenters. The molecule has 1 aliphatic rings. The van der Waals surface area contributed by atoms with Crippen LogP contribution in [-0.2, 0) is 4.79 Å². The van der Waals surface area contributed by atoms with Gasteiger partial charge in [-0.1, -0.05) is 18.5 Å². The minimum atomic E-state index is -0.00695. The van der Waals surface area contributed by atoms with E-state index in [9.17, 15) is 4.79 Å². The van der Waals surface area contributed by atoms with E-state index in [1.165, 1.54) is 12.8 Å². The first-order valence-corrected chi connectivity index (χ1v) is 7.92. The first-order chi connectivity index (χ1) is 9.95. The highest BCUT2D eigenvalue weighted by atomic mass is 35.5. The van der Waals surface area contributed by atoms with Crippen LogP contribution in [0.4, 0.5) is 11.4 Å². The Kier molecular flexibility index (Phi) is 5.48. The SMILES string of the molecule is CC1CCN(CCC(=O)Nc2ccc(N)cc2Cl)C(C)C1. The summed E-state index contributed by atoms with van der Waals surface area (Å²) in [4.78, 5) is 14.4. The number of anilines is 2. The molecule has 5 heteroatoms. The number of halogens is 1. The van der Waals surface area contributed by atoms with Gasteiger partial charge in [0.2, 0.25) is 5.91 Å². The first-order valence-electron chi connectivity index (χ1n) is 7.54. The Balaban J connectivity index is 1.82. The van der Waals surface area contributed by atoms with Gasteiger partial charge in [-0.3, -0.25) is 4.79 Å². The van der Waals surface area contributed by atoms with Crippen molar-refractivity contribution in [3.05, 3.63) is 23.2 Å². The molecule has 21 heavy (non-hydrogen) atoms. The highest BCUT2D eigenvalue weighted by Gasteiger charge is 2.22. The molecule has 1 saturated heterocycles. The lowest BCUT2D eigenvalue weighted by Gasteiger charge is -2.36. The van der Waals surface area contributed by atoms with Gasteiger partial charge in [0.05, 0.1) is 10.7 Å². The summed E-state index contributed by atoms with van der Waals surface area (Å²) < 4.78 is 0. The zero-order valence-corrected chi connectivity index (χ0v) is 13.5. The number of nitrogens with one attached hydrogen (secondary N) is 1. The Morgan fingerprint density at radius 3 is 2.90 bits per heavy atom. The van der Waals surface area contributed by atoms with Gasteiger partial charge in [-0.2, -0.15) is 0 Å². The van der Waals surface area contributed by atoms with Gasteiger partial charge in [-0.25, -0.2) is 0 Å². The summed E-state index contributed by atoms with van der Waals surface area (Å²) in [5, 5.41) is 3.32. The number of likely N-dealkylation sites (tertiary alicyclic amines) is 1. The second-order valence-electron chi connectivity index (χ2n) is 6.05. The van der Waals surface area contributed by atoms with Gasteiger partial charge in [-0.15, -0.1) is 0 Å². The first kappa shape index (κ1) is 16.1. The lowest BCUT2D eigenvalue weighted by atomic mass is 9.93. The summed E-state index contributed by atoms with van der Waals surface area (Å²) >= 11 is 6.06. The predicted molar refractivity (Wildman–Crippen MR) is 88.5 cm³/mol. The third-order valence-corrected chi connectivity index (χ3v) is 4.48. The third-order valence-electron chi connectivity index (χ3n) is 4.17. The van der Waals surface area contributed by atoms with Gasteiger partial charge in [0.1, 0.15) is 0 Å². The van der Waals surface area contributed by atoms with E-state index in [-0.39, 0.29) is 5.91 Å². The van der Waals surface area contributed by atoms with E-state index < -0.39 is 0 Å². The molecular formula is C16H24ClN3O. The Labute approximate surface area is 131 Å². The minimum absolute atomic E-state index is 0.00695. The van der Waals surface area contributed by atoms with Crippen LogP contribution >= 0.6 is 11.6 Å². The van der Waals surface area contributed by atoms with Gasteiger partial charge in [0.15, 0.2) is 0 Å². The molecule has 1 heterocycles. The number of carbonyl (C=O) groups is 1. The molecule has 0 spiro atoms. The van der Waals surface area contributed by atoms with E-state index in [1.54, 1.807) is 18.2 Å². The molecule has 0 radical (unpaired) electrons. The Morgan fingerprint density at radius 2 is 2.24 bits per heavy atom. The van der Waals surface area contributed by atoms with E-state index in [0.29, 0.717) is 28.9 Å². The van der Waals surface area contributed by atoms with Crippen molar-refractivity contribution in [1.29, 1.82) is 0 Å². The average Bonchev–Trinajstić information content (AvgIpc) is 2.41. The smallest absolute Gasteiger partial charge is 0.225 e. The lowest BCUT2D eigenvalue weighted by Crippen LogP contribution is -2.41. The van der Waals surface area contributed by atoms with E-state index in [2.05, 4.69) is 24.1 Å². The van der Waals surface area contributed by atoms with Gasteiger partial charge < -0.3 is 16.0 Å². The number of carbonyl (C=O) groups excluding carboxylic acids is 1. The standard InChI is InChI=1S/C16H24ClN3O/c1-11-5-7-20(12(2)9-11)8-6-16(21)19-15-4-3-13(18)10-14(15)17/h3-4,10-12H,5-9,18H2,1-2H3,(H,19,21). The largest absolute Gasteiger partial charge is 0.399 e. The van der Waals surface area contributed by atoms with Gasteiger partial charge in [0.25, 0.3) is 0 Å².